The first kappa shape index (κ1) is 12.9. The van der Waals surface area contributed by atoms with Crippen molar-refractivity contribution < 1.29 is 24.1 Å². The summed E-state index contributed by atoms with van der Waals surface area (Å²) in [5, 5.41) is 18.5. The average Bonchev–Trinajstić information content (AvgIpc) is 2.37. The molecule has 0 saturated heterocycles. The lowest BCUT2D eigenvalue weighted by atomic mass is 10.0. The molecule has 2 N–H and O–H groups in total. The molecule has 0 unspecified atom stereocenters. The fraction of sp³-hybridized carbons (Fsp3) is 0.0714. The highest BCUT2D eigenvalue weighted by Crippen LogP contribution is 2.32. The number of benzene rings is 2. The molecule has 0 aliphatic rings. The number of aromatic carboxylic acids is 1. The van der Waals surface area contributed by atoms with Gasteiger partial charge in [-0.05, 0) is 41.5 Å². The minimum atomic E-state index is -1.21. The van der Waals surface area contributed by atoms with Gasteiger partial charge in [0.15, 0.2) is 11.5 Å². The van der Waals surface area contributed by atoms with E-state index in [-0.39, 0.29) is 11.3 Å². The van der Waals surface area contributed by atoms with Gasteiger partial charge in [-0.25, -0.2) is 9.18 Å². The summed E-state index contributed by atoms with van der Waals surface area (Å²) < 4.78 is 18.3. The van der Waals surface area contributed by atoms with E-state index in [9.17, 15) is 14.3 Å². The highest BCUT2D eigenvalue weighted by molar-refractivity contribution is 5.89. The zero-order valence-electron chi connectivity index (χ0n) is 10.1. The molecule has 2 aromatic rings. The Kier molecular flexibility index (Phi) is 3.37. The van der Waals surface area contributed by atoms with Gasteiger partial charge in [-0.3, -0.25) is 0 Å². The molecule has 0 amide bonds. The van der Waals surface area contributed by atoms with Crippen LogP contribution in [-0.4, -0.2) is 23.3 Å². The van der Waals surface area contributed by atoms with E-state index in [1.807, 2.05) is 0 Å². The number of phenolic OH excluding ortho intramolecular Hbond substituents is 1. The molecule has 0 atom stereocenters. The van der Waals surface area contributed by atoms with E-state index in [0.717, 1.165) is 6.07 Å². The van der Waals surface area contributed by atoms with Crippen LogP contribution in [0, 0.1) is 5.82 Å². The van der Waals surface area contributed by atoms with Gasteiger partial charge in [-0.15, -0.1) is 0 Å². The van der Waals surface area contributed by atoms with E-state index >= 15 is 0 Å². The van der Waals surface area contributed by atoms with Crippen molar-refractivity contribution in [2.24, 2.45) is 0 Å². The molecule has 0 saturated carbocycles. The molecule has 0 bridgehead atoms. The van der Waals surface area contributed by atoms with Crippen molar-refractivity contribution in [3.63, 3.8) is 0 Å². The first-order chi connectivity index (χ1) is 9.01. The lowest BCUT2D eigenvalue weighted by molar-refractivity contribution is 0.0696. The van der Waals surface area contributed by atoms with Crippen LogP contribution < -0.4 is 4.74 Å². The summed E-state index contributed by atoms with van der Waals surface area (Å²) in [4.78, 5) is 10.9. The molecule has 19 heavy (non-hydrogen) atoms. The van der Waals surface area contributed by atoms with E-state index in [4.69, 9.17) is 9.84 Å². The van der Waals surface area contributed by atoms with E-state index in [0.29, 0.717) is 16.9 Å². The minimum absolute atomic E-state index is 0.0962. The summed E-state index contributed by atoms with van der Waals surface area (Å²) in [7, 11) is 1.42. The third kappa shape index (κ3) is 2.65. The van der Waals surface area contributed by atoms with Crippen molar-refractivity contribution in [3.05, 3.63) is 47.8 Å². The molecule has 0 aliphatic heterocycles. The average molecular weight is 262 g/mol. The van der Waals surface area contributed by atoms with Gasteiger partial charge in [0.25, 0.3) is 0 Å². The Labute approximate surface area is 108 Å². The summed E-state index contributed by atoms with van der Waals surface area (Å²) >= 11 is 0. The maximum atomic E-state index is 13.4. The van der Waals surface area contributed by atoms with Crippen LogP contribution in [-0.2, 0) is 0 Å². The highest BCUT2D eigenvalue weighted by Gasteiger charge is 2.10. The Morgan fingerprint density at radius 2 is 1.89 bits per heavy atom. The number of rotatable bonds is 3. The second-order valence-electron chi connectivity index (χ2n) is 3.92. The molecule has 98 valence electrons. The SMILES string of the molecule is COc1ccc(-c2cc(F)cc(C(=O)O)c2)cc1O. The number of aromatic hydroxyl groups is 1. The Morgan fingerprint density at radius 1 is 1.16 bits per heavy atom. The Morgan fingerprint density at radius 3 is 2.47 bits per heavy atom. The molecule has 5 heteroatoms. The summed E-state index contributed by atoms with van der Waals surface area (Å²) in [6.07, 6.45) is 0. The molecule has 0 fully saturated rings. The van der Waals surface area contributed by atoms with Gasteiger partial charge in [0.2, 0.25) is 0 Å². The largest absolute Gasteiger partial charge is 0.504 e. The summed E-state index contributed by atoms with van der Waals surface area (Å²) in [5.41, 5.74) is 0.723. The highest BCUT2D eigenvalue weighted by atomic mass is 19.1. The van der Waals surface area contributed by atoms with Crippen molar-refractivity contribution in [1.29, 1.82) is 0 Å². The van der Waals surface area contributed by atoms with Gasteiger partial charge in [0.1, 0.15) is 5.82 Å². The first-order valence-electron chi connectivity index (χ1n) is 5.42. The second kappa shape index (κ2) is 4.97. The summed E-state index contributed by atoms with van der Waals surface area (Å²) in [5.74, 6) is -1.66. The molecule has 0 aromatic heterocycles. The zero-order chi connectivity index (χ0) is 14.0. The fourth-order valence-corrected chi connectivity index (χ4v) is 1.75. The number of carboxylic acid groups (broad SMARTS) is 1. The predicted octanol–water partition coefficient (Wildman–Crippen LogP) is 2.91. The molecular formula is C14H11FO4. The molecule has 4 nitrogen and oxygen atoms in total. The van der Waals surface area contributed by atoms with Crippen LogP contribution in [0.1, 0.15) is 10.4 Å². The van der Waals surface area contributed by atoms with Crippen molar-refractivity contribution in [2.75, 3.05) is 7.11 Å². The lowest BCUT2D eigenvalue weighted by Crippen LogP contribution is -1.97. The first-order valence-corrected chi connectivity index (χ1v) is 5.42. The van der Waals surface area contributed by atoms with Crippen LogP contribution in [0.15, 0.2) is 36.4 Å². The van der Waals surface area contributed by atoms with Crippen LogP contribution in [0.4, 0.5) is 4.39 Å². The van der Waals surface area contributed by atoms with Crippen molar-refractivity contribution in [2.45, 2.75) is 0 Å². The minimum Gasteiger partial charge on any atom is -0.504 e. The van der Waals surface area contributed by atoms with Gasteiger partial charge in [0.05, 0.1) is 12.7 Å². The van der Waals surface area contributed by atoms with E-state index in [2.05, 4.69) is 0 Å². The van der Waals surface area contributed by atoms with E-state index in [1.165, 1.54) is 31.4 Å². The van der Waals surface area contributed by atoms with Gasteiger partial charge < -0.3 is 14.9 Å². The third-order valence-electron chi connectivity index (χ3n) is 2.66. The van der Waals surface area contributed by atoms with Gasteiger partial charge >= 0.3 is 5.97 Å². The molecule has 2 aromatic carbocycles. The van der Waals surface area contributed by atoms with Crippen LogP contribution in [0.5, 0.6) is 11.5 Å². The van der Waals surface area contributed by atoms with Gasteiger partial charge in [0, 0.05) is 0 Å². The molecule has 2 rings (SSSR count). The van der Waals surface area contributed by atoms with Crippen molar-refractivity contribution in [3.8, 4) is 22.6 Å². The standard InChI is InChI=1S/C14H11FO4/c1-19-13-3-2-8(7-12(13)16)9-4-10(14(17)18)6-11(15)5-9/h2-7,16H,1H3,(H,17,18). The number of methoxy groups -OCH3 is 1. The van der Waals surface area contributed by atoms with Crippen LogP contribution in [0.2, 0.25) is 0 Å². The van der Waals surface area contributed by atoms with Crippen LogP contribution in [0.3, 0.4) is 0 Å². The van der Waals surface area contributed by atoms with Gasteiger partial charge in [-0.2, -0.15) is 0 Å². The predicted molar refractivity (Wildman–Crippen MR) is 67.0 cm³/mol. The number of hydrogen-bond acceptors (Lipinski definition) is 3. The molecule has 0 heterocycles. The second-order valence-corrected chi connectivity index (χ2v) is 3.92. The van der Waals surface area contributed by atoms with E-state index < -0.39 is 11.8 Å². The molecular weight excluding hydrogens is 251 g/mol. The van der Waals surface area contributed by atoms with E-state index in [1.54, 1.807) is 6.07 Å². The van der Waals surface area contributed by atoms with Crippen molar-refractivity contribution in [1.82, 2.24) is 0 Å². The number of phenols is 1. The fourth-order valence-electron chi connectivity index (χ4n) is 1.75. The zero-order valence-corrected chi connectivity index (χ0v) is 10.1. The Balaban J connectivity index is 2.52. The number of halogens is 1. The normalized spacial score (nSPS) is 10.2. The van der Waals surface area contributed by atoms with Gasteiger partial charge in [-0.1, -0.05) is 6.07 Å². The monoisotopic (exact) mass is 262 g/mol. The number of carboxylic acids is 1. The topological polar surface area (TPSA) is 66.8 Å². The molecule has 0 aliphatic carbocycles. The third-order valence-corrected chi connectivity index (χ3v) is 2.66. The van der Waals surface area contributed by atoms with Crippen molar-refractivity contribution >= 4 is 5.97 Å². The quantitative estimate of drug-likeness (QED) is 0.892. The number of ether oxygens (including phenoxy) is 1. The van der Waals surface area contributed by atoms with Crippen LogP contribution in [0.25, 0.3) is 11.1 Å². The maximum absolute atomic E-state index is 13.4. The summed E-state index contributed by atoms with van der Waals surface area (Å²) in [6.45, 7) is 0. The smallest absolute Gasteiger partial charge is 0.335 e. The van der Waals surface area contributed by atoms with Crippen LogP contribution >= 0.6 is 0 Å². The molecule has 0 radical (unpaired) electrons. The Bertz CT molecular complexity index is 637. The Hall–Kier alpha value is -2.56. The number of carbonyl (C=O) groups is 1. The molecule has 0 spiro atoms. The maximum Gasteiger partial charge on any atom is 0.335 e. The summed E-state index contributed by atoms with van der Waals surface area (Å²) in [6, 6.07) is 8.00. The number of hydrogen-bond donors (Lipinski definition) is 2. The lowest BCUT2D eigenvalue weighted by Gasteiger charge is -2.07.